The number of amides is 2. The Morgan fingerprint density at radius 3 is 2.14 bits per heavy atom. The number of anilines is 1. The molecule has 10 heteroatoms. The van der Waals surface area contributed by atoms with Gasteiger partial charge in [0, 0.05) is 12.6 Å². The zero-order valence-corrected chi connectivity index (χ0v) is 27.0. The lowest BCUT2D eigenvalue weighted by molar-refractivity contribution is -0.140. The zero-order valence-electron chi connectivity index (χ0n) is 26.2. The number of carbonyl (C=O) groups is 2. The number of ether oxygens (including phenoxy) is 2. The summed E-state index contributed by atoms with van der Waals surface area (Å²) < 4.78 is 40.4. The highest BCUT2D eigenvalue weighted by atomic mass is 32.2. The Morgan fingerprint density at radius 1 is 0.909 bits per heavy atom. The number of methoxy groups -OCH3 is 2. The molecule has 0 heterocycles. The number of nitrogens with zero attached hydrogens (tertiary/aromatic N) is 2. The van der Waals surface area contributed by atoms with E-state index in [1.807, 2.05) is 39.0 Å². The minimum absolute atomic E-state index is 0.0483. The van der Waals surface area contributed by atoms with E-state index in [0.717, 1.165) is 46.7 Å². The molecule has 1 unspecified atom stereocenters. The normalized spacial score (nSPS) is 14.1. The molecule has 1 fully saturated rings. The molecule has 1 saturated carbocycles. The minimum atomic E-state index is -4.21. The first-order valence-corrected chi connectivity index (χ1v) is 16.5. The molecule has 1 aliphatic rings. The number of hydrogen-bond donors (Lipinski definition) is 1. The maximum atomic E-state index is 14.4. The molecule has 2 amide bonds. The summed E-state index contributed by atoms with van der Waals surface area (Å²) in [4.78, 5) is 29.6. The van der Waals surface area contributed by atoms with Crippen molar-refractivity contribution in [3.05, 3.63) is 83.4 Å². The smallest absolute Gasteiger partial charge is 0.264 e. The van der Waals surface area contributed by atoms with E-state index in [4.69, 9.17) is 9.47 Å². The van der Waals surface area contributed by atoms with Crippen LogP contribution in [-0.4, -0.2) is 58.0 Å². The van der Waals surface area contributed by atoms with Crippen LogP contribution in [0, 0.1) is 13.8 Å². The van der Waals surface area contributed by atoms with Gasteiger partial charge in [-0.15, -0.1) is 0 Å². The summed E-state index contributed by atoms with van der Waals surface area (Å²) in [6.45, 7) is 5.16. The van der Waals surface area contributed by atoms with Gasteiger partial charge in [0.15, 0.2) is 0 Å². The van der Waals surface area contributed by atoms with Gasteiger partial charge in [-0.2, -0.15) is 0 Å². The Hall–Kier alpha value is -4.05. The second kappa shape index (κ2) is 14.6. The van der Waals surface area contributed by atoms with Gasteiger partial charge in [0.2, 0.25) is 11.8 Å². The maximum absolute atomic E-state index is 14.4. The predicted octanol–water partition coefficient (Wildman–Crippen LogP) is 5.38. The average molecular weight is 622 g/mol. The number of rotatable bonds is 13. The van der Waals surface area contributed by atoms with E-state index in [2.05, 4.69) is 5.32 Å². The van der Waals surface area contributed by atoms with Crippen molar-refractivity contribution in [2.75, 3.05) is 25.1 Å². The molecule has 0 bridgehead atoms. The van der Waals surface area contributed by atoms with Crippen LogP contribution in [0.1, 0.15) is 55.7 Å². The molecule has 0 radical (unpaired) electrons. The van der Waals surface area contributed by atoms with Crippen LogP contribution in [-0.2, 0) is 26.2 Å². The van der Waals surface area contributed by atoms with Crippen molar-refractivity contribution in [1.29, 1.82) is 0 Å². The number of hydrogen-bond acceptors (Lipinski definition) is 6. The van der Waals surface area contributed by atoms with Gasteiger partial charge in [-0.3, -0.25) is 13.9 Å². The third kappa shape index (κ3) is 7.72. The summed E-state index contributed by atoms with van der Waals surface area (Å²) in [6.07, 6.45) is 4.29. The third-order valence-electron chi connectivity index (χ3n) is 8.09. The van der Waals surface area contributed by atoms with E-state index in [9.17, 15) is 18.0 Å². The van der Waals surface area contributed by atoms with Gasteiger partial charge in [0.1, 0.15) is 24.1 Å². The average Bonchev–Trinajstić information content (AvgIpc) is 3.53. The standard InChI is InChI=1S/C34H43N3O6S/c1-6-30(34(39)35-27-9-7-8-10-27)36(22-26-14-16-28(42-4)17-15-26)33(38)23-37(31-21-25(3)13-20-32(31)43-5)44(40,41)29-18-11-24(2)12-19-29/h11-21,27,30H,6-10,22-23H2,1-5H3,(H,35,39). The summed E-state index contributed by atoms with van der Waals surface area (Å²) >= 11 is 0. The molecular weight excluding hydrogens is 578 g/mol. The number of sulfonamides is 1. The molecule has 3 aromatic carbocycles. The summed E-state index contributed by atoms with van der Waals surface area (Å²) in [5, 5.41) is 3.14. The predicted molar refractivity (Wildman–Crippen MR) is 171 cm³/mol. The Kier molecular flexibility index (Phi) is 10.9. The van der Waals surface area contributed by atoms with Gasteiger partial charge < -0.3 is 19.7 Å². The molecule has 0 aromatic heterocycles. The Balaban J connectivity index is 1.76. The van der Waals surface area contributed by atoms with Gasteiger partial charge in [0.05, 0.1) is 24.8 Å². The van der Waals surface area contributed by atoms with Crippen molar-refractivity contribution < 1.29 is 27.5 Å². The van der Waals surface area contributed by atoms with Crippen LogP contribution in [0.4, 0.5) is 5.69 Å². The van der Waals surface area contributed by atoms with Gasteiger partial charge in [-0.05, 0) is 80.6 Å². The van der Waals surface area contributed by atoms with E-state index in [0.29, 0.717) is 17.9 Å². The SMILES string of the molecule is CCC(C(=O)NC1CCCC1)N(Cc1ccc(OC)cc1)C(=O)CN(c1cc(C)ccc1OC)S(=O)(=O)c1ccc(C)cc1. The minimum Gasteiger partial charge on any atom is -0.497 e. The highest BCUT2D eigenvalue weighted by Crippen LogP contribution is 2.34. The third-order valence-corrected chi connectivity index (χ3v) is 9.86. The van der Waals surface area contributed by atoms with Crippen molar-refractivity contribution in [1.82, 2.24) is 10.2 Å². The lowest BCUT2D eigenvalue weighted by Gasteiger charge is -2.34. The molecular formula is C34H43N3O6S. The van der Waals surface area contributed by atoms with Crippen LogP contribution >= 0.6 is 0 Å². The molecule has 1 aliphatic carbocycles. The van der Waals surface area contributed by atoms with Crippen LogP contribution in [0.15, 0.2) is 71.6 Å². The van der Waals surface area contributed by atoms with Gasteiger partial charge >= 0.3 is 0 Å². The van der Waals surface area contributed by atoms with Crippen LogP contribution < -0.4 is 19.1 Å². The van der Waals surface area contributed by atoms with E-state index in [-0.39, 0.29) is 29.1 Å². The second-order valence-corrected chi connectivity index (χ2v) is 13.1. The fraction of sp³-hybridized carbons (Fsp3) is 0.412. The Bertz CT molecular complexity index is 1530. The van der Waals surface area contributed by atoms with Crippen molar-refractivity contribution >= 4 is 27.5 Å². The number of nitrogens with one attached hydrogen (secondary N) is 1. The molecule has 9 nitrogen and oxygen atoms in total. The van der Waals surface area contributed by atoms with E-state index in [1.165, 1.54) is 24.1 Å². The van der Waals surface area contributed by atoms with E-state index >= 15 is 0 Å². The van der Waals surface area contributed by atoms with Crippen LogP contribution in [0.2, 0.25) is 0 Å². The second-order valence-electron chi connectivity index (χ2n) is 11.3. The molecule has 0 spiro atoms. The molecule has 236 valence electrons. The van der Waals surface area contributed by atoms with Crippen molar-refractivity contribution in [3.8, 4) is 11.5 Å². The molecule has 0 saturated heterocycles. The van der Waals surface area contributed by atoms with Crippen molar-refractivity contribution in [2.45, 2.75) is 76.4 Å². The first kappa shape index (κ1) is 32.9. The van der Waals surface area contributed by atoms with E-state index in [1.54, 1.807) is 43.5 Å². The lowest BCUT2D eigenvalue weighted by atomic mass is 10.1. The maximum Gasteiger partial charge on any atom is 0.264 e. The van der Waals surface area contributed by atoms with Crippen LogP contribution in [0.5, 0.6) is 11.5 Å². The number of carbonyl (C=O) groups excluding carboxylic acids is 2. The lowest BCUT2D eigenvalue weighted by Crippen LogP contribution is -2.53. The first-order valence-electron chi connectivity index (χ1n) is 15.0. The summed E-state index contributed by atoms with van der Waals surface area (Å²) in [6, 6.07) is 18.2. The molecule has 3 aromatic rings. The first-order chi connectivity index (χ1) is 21.1. The molecule has 1 atom stereocenters. The monoisotopic (exact) mass is 621 g/mol. The highest BCUT2D eigenvalue weighted by molar-refractivity contribution is 7.92. The van der Waals surface area contributed by atoms with Gasteiger partial charge in [0.25, 0.3) is 10.0 Å². The quantitative estimate of drug-likeness (QED) is 0.275. The highest BCUT2D eigenvalue weighted by Gasteiger charge is 2.35. The largest absolute Gasteiger partial charge is 0.497 e. The molecule has 0 aliphatic heterocycles. The summed E-state index contributed by atoms with van der Waals surface area (Å²) in [5.41, 5.74) is 2.74. The molecule has 1 N–H and O–H groups in total. The fourth-order valence-corrected chi connectivity index (χ4v) is 6.98. The molecule has 4 rings (SSSR count). The van der Waals surface area contributed by atoms with Crippen molar-refractivity contribution in [3.63, 3.8) is 0 Å². The topological polar surface area (TPSA) is 105 Å². The Morgan fingerprint density at radius 2 is 1.55 bits per heavy atom. The summed E-state index contributed by atoms with van der Waals surface area (Å²) in [5.74, 6) is 0.238. The van der Waals surface area contributed by atoms with Gasteiger partial charge in [-0.1, -0.05) is 55.7 Å². The zero-order chi connectivity index (χ0) is 31.9. The van der Waals surface area contributed by atoms with E-state index < -0.39 is 28.5 Å². The number of benzene rings is 3. The van der Waals surface area contributed by atoms with Crippen LogP contribution in [0.3, 0.4) is 0 Å². The van der Waals surface area contributed by atoms with Crippen LogP contribution in [0.25, 0.3) is 0 Å². The number of aryl methyl sites for hydroxylation is 2. The van der Waals surface area contributed by atoms with Crippen molar-refractivity contribution in [2.24, 2.45) is 0 Å². The Labute approximate surface area is 261 Å². The summed E-state index contributed by atoms with van der Waals surface area (Å²) in [7, 11) is -1.17. The van der Waals surface area contributed by atoms with Gasteiger partial charge in [-0.25, -0.2) is 8.42 Å². The molecule has 44 heavy (non-hydrogen) atoms. The fourth-order valence-electron chi connectivity index (χ4n) is 5.56.